The lowest BCUT2D eigenvalue weighted by molar-refractivity contribution is -0.126. The van der Waals surface area contributed by atoms with E-state index in [1.54, 1.807) is 0 Å². The summed E-state index contributed by atoms with van der Waals surface area (Å²) in [5, 5.41) is 12.2. The van der Waals surface area contributed by atoms with Crippen LogP contribution in [0.4, 0.5) is 4.79 Å². The zero-order valence-corrected chi connectivity index (χ0v) is 14.6. The number of hydrogen-bond donors (Lipinski definition) is 2. The van der Waals surface area contributed by atoms with Crippen LogP contribution in [0.1, 0.15) is 36.8 Å². The van der Waals surface area contributed by atoms with E-state index in [0.29, 0.717) is 19.6 Å². The summed E-state index contributed by atoms with van der Waals surface area (Å²) in [6.07, 6.45) is 3.65. The summed E-state index contributed by atoms with van der Waals surface area (Å²) in [7, 11) is 0. The molecule has 0 saturated carbocycles. The maximum Gasteiger partial charge on any atom is 0.319 e. The molecule has 1 aromatic carbocycles. The Bertz CT molecular complexity index is 606. The van der Waals surface area contributed by atoms with Gasteiger partial charge in [-0.3, -0.25) is 4.79 Å². The summed E-state index contributed by atoms with van der Waals surface area (Å²) < 4.78 is 0. The van der Waals surface area contributed by atoms with Crippen LogP contribution in [0.5, 0.6) is 0 Å². The minimum atomic E-state index is -0.0244. The fraction of sp³-hybridized carbons (Fsp3) is 0.579. The molecule has 0 bridgehead atoms. The molecule has 0 atom stereocenters. The van der Waals surface area contributed by atoms with E-state index >= 15 is 0 Å². The van der Waals surface area contributed by atoms with Gasteiger partial charge in [0, 0.05) is 38.6 Å². The fourth-order valence-corrected chi connectivity index (χ4v) is 3.61. The van der Waals surface area contributed by atoms with Gasteiger partial charge in [-0.05, 0) is 36.8 Å². The minimum Gasteiger partial charge on any atom is -0.392 e. The molecule has 2 N–H and O–H groups in total. The second-order valence-electron chi connectivity index (χ2n) is 6.93. The molecule has 0 aromatic heterocycles. The van der Waals surface area contributed by atoms with Gasteiger partial charge >= 0.3 is 6.03 Å². The Morgan fingerprint density at radius 1 is 1.04 bits per heavy atom. The van der Waals surface area contributed by atoms with Crippen molar-refractivity contribution in [1.82, 2.24) is 15.1 Å². The first-order chi connectivity index (χ1) is 12.2. The molecule has 0 spiro atoms. The molecule has 2 aliphatic rings. The number of aliphatic hydroxyl groups excluding tert-OH is 1. The Balaban J connectivity index is 1.44. The first kappa shape index (κ1) is 17.7. The molecule has 1 aromatic rings. The molecule has 2 aliphatic heterocycles. The zero-order chi connectivity index (χ0) is 17.6. The van der Waals surface area contributed by atoms with Crippen molar-refractivity contribution in [1.29, 1.82) is 0 Å². The van der Waals surface area contributed by atoms with E-state index in [1.165, 1.54) is 0 Å². The number of rotatable bonds is 4. The number of hydrogen-bond acceptors (Lipinski definition) is 3. The van der Waals surface area contributed by atoms with Gasteiger partial charge in [-0.1, -0.05) is 24.3 Å². The van der Waals surface area contributed by atoms with Gasteiger partial charge in [-0.25, -0.2) is 4.79 Å². The average Bonchev–Trinajstić information content (AvgIpc) is 3.20. The normalized spacial score (nSPS) is 18.4. The van der Waals surface area contributed by atoms with Crippen LogP contribution in [-0.4, -0.2) is 53.0 Å². The third-order valence-electron chi connectivity index (χ3n) is 5.15. The van der Waals surface area contributed by atoms with Crippen molar-refractivity contribution in [2.24, 2.45) is 5.92 Å². The summed E-state index contributed by atoms with van der Waals surface area (Å²) >= 11 is 0. The highest BCUT2D eigenvalue weighted by Crippen LogP contribution is 2.20. The lowest BCUT2D eigenvalue weighted by atomic mass is 9.96. The van der Waals surface area contributed by atoms with Gasteiger partial charge in [-0.15, -0.1) is 0 Å². The number of nitrogens with zero attached hydrogens (tertiary/aromatic N) is 2. The molecule has 2 fully saturated rings. The highest BCUT2D eigenvalue weighted by molar-refractivity contribution is 5.79. The van der Waals surface area contributed by atoms with E-state index in [0.717, 1.165) is 49.9 Å². The van der Waals surface area contributed by atoms with Crippen LogP contribution in [0.2, 0.25) is 0 Å². The zero-order valence-electron chi connectivity index (χ0n) is 14.6. The molecule has 3 amide bonds. The molecule has 0 radical (unpaired) electrons. The Morgan fingerprint density at radius 3 is 2.36 bits per heavy atom. The number of aliphatic hydroxyl groups is 1. The van der Waals surface area contributed by atoms with Crippen molar-refractivity contribution < 1.29 is 14.7 Å². The molecule has 0 aliphatic carbocycles. The van der Waals surface area contributed by atoms with E-state index in [9.17, 15) is 9.59 Å². The minimum absolute atomic E-state index is 0.00525. The van der Waals surface area contributed by atoms with Gasteiger partial charge in [0.1, 0.15) is 0 Å². The second-order valence-corrected chi connectivity index (χ2v) is 6.93. The van der Waals surface area contributed by atoms with Crippen molar-refractivity contribution in [2.45, 2.75) is 38.8 Å². The van der Waals surface area contributed by atoms with Crippen molar-refractivity contribution in [2.75, 3.05) is 26.2 Å². The smallest absolute Gasteiger partial charge is 0.319 e. The Kier molecular flexibility index (Phi) is 5.91. The predicted molar refractivity (Wildman–Crippen MR) is 94.7 cm³/mol. The highest BCUT2D eigenvalue weighted by Gasteiger charge is 2.30. The van der Waals surface area contributed by atoms with E-state index in [-0.39, 0.29) is 24.5 Å². The SMILES string of the molecule is O=C(NCc1cccc(CO)c1)C1CCN(C(=O)N2CCCC2)CC1. The summed E-state index contributed by atoms with van der Waals surface area (Å²) in [6, 6.07) is 7.72. The van der Waals surface area contributed by atoms with Gasteiger partial charge in [-0.2, -0.15) is 0 Å². The van der Waals surface area contributed by atoms with Crippen LogP contribution in [0, 0.1) is 5.92 Å². The number of carbonyl (C=O) groups excluding carboxylic acids is 2. The quantitative estimate of drug-likeness (QED) is 0.873. The summed E-state index contributed by atoms with van der Waals surface area (Å²) in [5.74, 6) is 0.0336. The standard InChI is InChI=1S/C19H27N3O3/c23-14-16-5-3-4-15(12-16)13-20-18(24)17-6-10-22(11-7-17)19(25)21-8-1-2-9-21/h3-5,12,17,23H,1-2,6-11,13-14H2,(H,20,24). The Hall–Kier alpha value is -2.08. The molecular weight excluding hydrogens is 318 g/mol. The number of amides is 3. The van der Waals surface area contributed by atoms with Crippen molar-refractivity contribution >= 4 is 11.9 Å². The molecule has 3 rings (SSSR count). The first-order valence-electron chi connectivity index (χ1n) is 9.17. The largest absolute Gasteiger partial charge is 0.392 e. The van der Waals surface area contributed by atoms with Crippen molar-refractivity contribution in [3.05, 3.63) is 35.4 Å². The number of urea groups is 1. The number of carbonyl (C=O) groups is 2. The van der Waals surface area contributed by atoms with Crippen LogP contribution in [-0.2, 0) is 17.9 Å². The van der Waals surface area contributed by atoms with Crippen LogP contribution in [0.25, 0.3) is 0 Å². The lowest BCUT2D eigenvalue weighted by Gasteiger charge is -2.34. The van der Waals surface area contributed by atoms with Crippen LogP contribution >= 0.6 is 0 Å². The highest BCUT2D eigenvalue weighted by atomic mass is 16.3. The number of likely N-dealkylation sites (tertiary alicyclic amines) is 2. The van der Waals surface area contributed by atoms with E-state index in [1.807, 2.05) is 34.1 Å². The monoisotopic (exact) mass is 345 g/mol. The molecule has 6 nitrogen and oxygen atoms in total. The summed E-state index contributed by atoms with van der Waals surface area (Å²) in [5.41, 5.74) is 1.84. The van der Waals surface area contributed by atoms with E-state index in [4.69, 9.17) is 5.11 Å². The third-order valence-corrected chi connectivity index (χ3v) is 5.15. The maximum atomic E-state index is 12.4. The van der Waals surface area contributed by atoms with Crippen molar-refractivity contribution in [3.63, 3.8) is 0 Å². The van der Waals surface area contributed by atoms with Crippen LogP contribution in [0.15, 0.2) is 24.3 Å². The molecule has 136 valence electrons. The predicted octanol–water partition coefficient (Wildman–Crippen LogP) is 1.72. The number of nitrogens with one attached hydrogen (secondary N) is 1. The van der Waals surface area contributed by atoms with Gasteiger partial charge in [0.2, 0.25) is 5.91 Å². The Labute approximate surface area is 148 Å². The summed E-state index contributed by atoms with van der Waals surface area (Å²) in [4.78, 5) is 28.6. The topological polar surface area (TPSA) is 72.9 Å². The molecular formula is C19H27N3O3. The van der Waals surface area contributed by atoms with Crippen molar-refractivity contribution in [3.8, 4) is 0 Å². The maximum absolute atomic E-state index is 12.4. The van der Waals surface area contributed by atoms with Gasteiger partial charge in [0.25, 0.3) is 0 Å². The average molecular weight is 345 g/mol. The van der Waals surface area contributed by atoms with E-state index < -0.39 is 0 Å². The molecule has 0 unspecified atom stereocenters. The number of piperidine rings is 1. The molecule has 2 saturated heterocycles. The van der Waals surface area contributed by atoms with Gasteiger partial charge in [0.05, 0.1) is 6.61 Å². The molecule has 6 heteroatoms. The summed E-state index contributed by atoms with van der Waals surface area (Å²) in [6.45, 7) is 3.53. The van der Waals surface area contributed by atoms with Crippen LogP contribution in [0.3, 0.4) is 0 Å². The van der Waals surface area contributed by atoms with E-state index in [2.05, 4.69) is 5.32 Å². The molecule has 25 heavy (non-hydrogen) atoms. The third kappa shape index (κ3) is 4.51. The first-order valence-corrected chi connectivity index (χ1v) is 9.17. The molecule has 2 heterocycles. The van der Waals surface area contributed by atoms with Gasteiger partial charge in [0.15, 0.2) is 0 Å². The van der Waals surface area contributed by atoms with Gasteiger partial charge < -0.3 is 20.2 Å². The second kappa shape index (κ2) is 8.34. The fourth-order valence-electron chi connectivity index (χ4n) is 3.61. The number of benzene rings is 1. The Morgan fingerprint density at radius 2 is 1.68 bits per heavy atom. The lowest BCUT2D eigenvalue weighted by Crippen LogP contribution is -2.47. The van der Waals surface area contributed by atoms with Crippen LogP contribution < -0.4 is 5.32 Å².